The molecule has 11 aromatic rings. The van der Waals surface area contributed by atoms with E-state index in [1.165, 1.54) is 74.8 Å². The highest BCUT2D eigenvalue weighted by atomic mass is 32.1. The minimum Gasteiger partial charge on any atom is -0.387 e. The van der Waals surface area contributed by atoms with Crippen LogP contribution >= 0.6 is 11.3 Å². The summed E-state index contributed by atoms with van der Waals surface area (Å²) in [6, 6.07) is 46.4. The molecule has 284 valence electrons. The molecule has 0 saturated heterocycles. The van der Waals surface area contributed by atoms with Crippen LogP contribution in [0.2, 0.25) is 0 Å². The van der Waals surface area contributed by atoms with E-state index in [1.807, 2.05) is 48.3 Å². The van der Waals surface area contributed by atoms with Gasteiger partial charge < -0.3 is 14.5 Å². The lowest BCUT2D eigenvalue weighted by Gasteiger charge is -2.14. The standard InChI is InChI=1S/C54H37N5S/c1-3-33-20-22-42-51-50-41-18-10-11-19-46(41)59(37-24-28-57-45(30-37)35-13-12-26-55-31-35)52(50)39-16-8-9-17-40(39)53(51)60-54(42)49(33)38(4-2)34-21-23-47-43(29-34)44-32-56-27-25-48(44)58(47)36-14-6-5-7-15-36/h3-30,32,55H,1,31H2,2H3/b38-4-. The van der Waals surface area contributed by atoms with Crippen LogP contribution in [0.4, 0.5) is 0 Å². The Bertz CT molecular complexity index is 3690. The lowest BCUT2D eigenvalue weighted by Crippen LogP contribution is -2.12. The van der Waals surface area contributed by atoms with E-state index in [1.54, 1.807) is 0 Å². The van der Waals surface area contributed by atoms with Crippen LogP contribution in [-0.2, 0) is 0 Å². The number of fused-ring (bicyclic) bond motifs is 13. The minimum absolute atomic E-state index is 0.746. The van der Waals surface area contributed by atoms with E-state index in [9.17, 15) is 0 Å². The molecular weight excluding hydrogens is 751 g/mol. The number of thiophene rings is 1. The number of nitrogens with zero attached hydrogens (tertiary/aromatic N) is 4. The summed E-state index contributed by atoms with van der Waals surface area (Å²) in [6.45, 7) is 7.26. The molecule has 0 aliphatic carbocycles. The van der Waals surface area contributed by atoms with Crippen molar-refractivity contribution in [2.24, 2.45) is 0 Å². The molecule has 0 spiro atoms. The molecule has 6 aromatic carbocycles. The van der Waals surface area contributed by atoms with Gasteiger partial charge in [-0.05, 0) is 90.0 Å². The van der Waals surface area contributed by atoms with E-state index in [0.29, 0.717) is 0 Å². The van der Waals surface area contributed by atoms with Crippen LogP contribution in [0, 0.1) is 0 Å². The Hall–Kier alpha value is -7.54. The number of benzene rings is 6. The van der Waals surface area contributed by atoms with Crippen LogP contribution in [0.1, 0.15) is 29.3 Å². The summed E-state index contributed by atoms with van der Waals surface area (Å²) in [5.41, 5.74) is 13.7. The highest BCUT2D eigenvalue weighted by Crippen LogP contribution is 2.50. The number of hydrogen-bond acceptors (Lipinski definition) is 4. The molecular formula is C54H37N5S. The van der Waals surface area contributed by atoms with Gasteiger partial charge in [-0.25, -0.2) is 0 Å². The number of para-hydroxylation sites is 2. The Kier molecular flexibility index (Phi) is 7.77. The first-order chi connectivity index (χ1) is 29.7. The highest BCUT2D eigenvalue weighted by molar-refractivity contribution is 7.27. The second kappa shape index (κ2) is 13.5. The topological polar surface area (TPSA) is 47.7 Å². The Labute approximate surface area is 350 Å². The SMILES string of the molecule is C=Cc1ccc2c(sc3c4ccccc4c4c(c5ccccc5n4-c4ccnc(C5=CC=CNC5)c4)c23)c1/C(=C\C)c1ccc2c(c1)c1cnccc1n2-c1ccccc1. The lowest BCUT2D eigenvalue weighted by molar-refractivity contribution is 0.976. The molecule has 1 aliphatic rings. The monoisotopic (exact) mass is 787 g/mol. The van der Waals surface area contributed by atoms with Gasteiger partial charge in [-0.1, -0.05) is 104 Å². The highest BCUT2D eigenvalue weighted by Gasteiger charge is 2.25. The Morgan fingerprint density at radius 3 is 2.32 bits per heavy atom. The van der Waals surface area contributed by atoms with Crippen molar-refractivity contribution >= 4 is 103 Å². The molecule has 6 heterocycles. The third kappa shape index (κ3) is 4.98. The average molecular weight is 788 g/mol. The fourth-order valence-electron chi connectivity index (χ4n) is 9.68. The maximum absolute atomic E-state index is 4.83. The molecule has 0 fully saturated rings. The molecule has 60 heavy (non-hydrogen) atoms. The van der Waals surface area contributed by atoms with Gasteiger partial charge in [0.25, 0.3) is 0 Å². The van der Waals surface area contributed by atoms with Crippen molar-refractivity contribution in [3.05, 3.63) is 199 Å². The summed E-state index contributed by atoms with van der Waals surface area (Å²) in [7, 11) is 0. The largest absolute Gasteiger partial charge is 0.387 e. The van der Waals surface area contributed by atoms with E-state index in [-0.39, 0.29) is 0 Å². The molecule has 12 rings (SSSR count). The van der Waals surface area contributed by atoms with Gasteiger partial charge in [0.05, 0.1) is 27.8 Å². The van der Waals surface area contributed by atoms with Crippen molar-refractivity contribution in [3.63, 3.8) is 0 Å². The second-order valence-electron chi connectivity index (χ2n) is 15.4. The summed E-state index contributed by atoms with van der Waals surface area (Å²) in [5.74, 6) is 0. The molecule has 0 unspecified atom stereocenters. The van der Waals surface area contributed by atoms with Gasteiger partial charge in [-0.2, -0.15) is 0 Å². The summed E-state index contributed by atoms with van der Waals surface area (Å²) in [5, 5.41) is 13.2. The Morgan fingerprint density at radius 2 is 1.48 bits per heavy atom. The zero-order valence-corrected chi connectivity index (χ0v) is 33.7. The summed E-state index contributed by atoms with van der Waals surface area (Å²) < 4.78 is 7.35. The first-order valence-electron chi connectivity index (χ1n) is 20.3. The van der Waals surface area contributed by atoms with Gasteiger partial charge in [0.1, 0.15) is 0 Å². The van der Waals surface area contributed by atoms with E-state index in [2.05, 4.69) is 172 Å². The van der Waals surface area contributed by atoms with Crippen LogP contribution in [-0.4, -0.2) is 25.6 Å². The summed E-state index contributed by atoms with van der Waals surface area (Å²) >= 11 is 1.90. The molecule has 0 bridgehead atoms. The van der Waals surface area contributed by atoms with E-state index < -0.39 is 0 Å². The van der Waals surface area contributed by atoms with Crippen molar-refractivity contribution in [2.75, 3.05) is 6.54 Å². The Balaban J connectivity index is 1.15. The van der Waals surface area contributed by atoms with Crippen LogP contribution in [0.5, 0.6) is 0 Å². The lowest BCUT2D eigenvalue weighted by atomic mass is 9.90. The molecule has 1 aliphatic heterocycles. The molecule has 5 nitrogen and oxygen atoms in total. The molecule has 1 N–H and O–H groups in total. The smallest absolute Gasteiger partial charge is 0.0700 e. The van der Waals surface area contributed by atoms with Crippen molar-refractivity contribution in [1.82, 2.24) is 24.4 Å². The third-order valence-corrected chi connectivity index (χ3v) is 13.5. The number of dihydropyridines is 1. The fourth-order valence-corrected chi connectivity index (χ4v) is 11.1. The first kappa shape index (κ1) is 34.5. The number of hydrogen-bond donors (Lipinski definition) is 1. The number of allylic oxidation sites excluding steroid dienone is 3. The number of rotatable bonds is 6. The van der Waals surface area contributed by atoms with Crippen molar-refractivity contribution in [1.29, 1.82) is 0 Å². The van der Waals surface area contributed by atoms with Crippen molar-refractivity contribution in [3.8, 4) is 11.4 Å². The molecule has 6 heteroatoms. The van der Waals surface area contributed by atoms with Gasteiger partial charge in [0.2, 0.25) is 0 Å². The second-order valence-corrected chi connectivity index (χ2v) is 16.4. The summed E-state index contributed by atoms with van der Waals surface area (Å²) in [6.07, 6.45) is 16.3. The Morgan fingerprint density at radius 1 is 0.683 bits per heavy atom. The first-order valence-corrected chi connectivity index (χ1v) is 21.2. The van der Waals surface area contributed by atoms with Crippen LogP contribution in [0.3, 0.4) is 0 Å². The quantitative estimate of drug-likeness (QED) is 0.183. The molecule has 0 radical (unpaired) electrons. The third-order valence-electron chi connectivity index (χ3n) is 12.2. The number of aromatic nitrogens is 4. The molecule has 5 aromatic heterocycles. The van der Waals surface area contributed by atoms with E-state index >= 15 is 0 Å². The van der Waals surface area contributed by atoms with Gasteiger partial charge in [0.15, 0.2) is 0 Å². The molecule has 0 atom stereocenters. The fraction of sp³-hybridized carbons (Fsp3) is 0.0370. The van der Waals surface area contributed by atoms with Gasteiger partial charge >= 0.3 is 0 Å². The minimum atomic E-state index is 0.746. The maximum atomic E-state index is 4.83. The van der Waals surface area contributed by atoms with Gasteiger partial charge in [0, 0.05) is 94.6 Å². The van der Waals surface area contributed by atoms with Gasteiger partial charge in [-0.15, -0.1) is 11.3 Å². The maximum Gasteiger partial charge on any atom is 0.0700 e. The molecule has 0 saturated carbocycles. The normalized spacial score (nSPS) is 13.3. The average Bonchev–Trinajstić information content (AvgIpc) is 3.98. The predicted octanol–water partition coefficient (Wildman–Crippen LogP) is 13.8. The summed E-state index contributed by atoms with van der Waals surface area (Å²) in [4.78, 5) is 9.41. The zero-order valence-electron chi connectivity index (χ0n) is 32.9. The van der Waals surface area contributed by atoms with Crippen LogP contribution < -0.4 is 5.32 Å². The van der Waals surface area contributed by atoms with Gasteiger partial charge in [-0.3, -0.25) is 9.97 Å². The van der Waals surface area contributed by atoms with E-state index in [0.717, 1.165) is 51.2 Å². The van der Waals surface area contributed by atoms with Crippen LogP contribution in [0.15, 0.2) is 177 Å². The van der Waals surface area contributed by atoms with Crippen LogP contribution in [0.25, 0.3) is 103 Å². The predicted molar refractivity (Wildman–Crippen MR) is 256 cm³/mol. The van der Waals surface area contributed by atoms with Crippen molar-refractivity contribution in [2.45, 2.75) is 6.92 Å². The number of nitrogens with one attached hydrogen (secondary N) is 1. The van der Waals surface area contributed by atoms with E-state index in [4.69, 9.17) is 4.98 Å². The molecule has 0 amide bonds. The zero-order chi connectivity index (χ0) is 39.9. The van der Waals surface area contributed by atoms with Crippen molar-refractivity contribution < 1.29 is 0 Å². The number of pyridine rings is 2.